The number of pyridine rings is 3. The Kier molecular flexibility index (Phi) is 17.3. The highest BCUT2D eigenvalue weighted by molar-refractivity contribution is 6.22. The smallest absolute Gasteiger partial charge is 0.292 e. The van der Waals surface area contributed by atoms with E-state index in [2.05, 4.69) is 156 Å². The van der Waals surface area contributed by atoms with Crippen molar-refractivity contribution in [2.45, 2.75) is 62.0 Å². The lowest BCUT2D eigenvalue weighted by molar-refractivity contribution is -0.531. The Labute approximate surface area is 241 Å². The molecule has 0 spiro atoms. The van der Waals surface area contributed by atoms with Gasteiger partial charge in [-0.2, -0.15) is 0 Å². The molecule has 0 aliphatic rings. The molecule has 0 amide bonds. The van der Waals surface area contributed by atoms with Crippen molar-refractivity contribution in [1.29, 1.82) is 0 Å². The number of hydrogen-bond acceptors (Lipinski definition) is 0. The van der Waals surface area contributed by atoms with Gasteiger partial charge in [0.2, 0.25) is 0 Å². The lowest BCUT2D eigenvalue weighted by Crippen LogP contribution is -2.40. The van der Waals surface area contributed by atoms with E-state index in [4.69, 9.17) is 0 Å². The molecule has 0 saturated heterocycles. The van der Waals surface area contributed by atoms with Gasteiger partial charge in [-0.1, -0.05) is 71.9 Å². The maximum Gasteiger partial charge on any atom is 0.536 e. The zero-order valence-electron chi connectivity index (χ0n) is 25.7. The third-order valence-electron chi connectivity index (χ3n) is 5.52. The molecule has 0 atom stereocenters. The van der Waals surface area contributed by atoms with Crippen LogP contribution < -0.4 is 13.4 Å². The Bertz CT molecular complexity index is 1150. The van der Waals surface area contributed by atoms with Gasteiger partial charge >= 0.3 is 22.2 Å². The average molecular weight is 519 g/mol. The van der Waals surface area contributed by atoms with Gasteiger partial charge in [-0.15, -0.1) is 0 Å². The summed E-state index contributed by atoms with van der Waals surface area (Å²) in [5.41, 5.74) is 3.72. The minimum absolute atomic E-state index is 0.602. The van der Waals surface area contributed by atoms with Crippen LogP contribution in [0.4, 0.5) is 0 Å². The van der Waals surface area contributed by atoms with E-state index in [1.54, 1.807) is 0 Å². The molecule has 3 aromatic heterocycles. The highest BCUT2D eigenvalue weighted by Gasteiger charge is 2.05. The summed E-state index contributed by atoms with van der Waals surface area (Å²) in [6, 6.07) is 14.6. The summed E-state index contributed by atoms with van der Waals surface area (Å²) in [4.78, 5) is 0. The standard InChI is InChI=1S/3C11H16BN/c1-10(2)4-5-11-6-8-13(12-3)9-7-11;1-10(2)6-7-11-5-4-8-13(9-11)12-3;1-10(2)7-8-11-6-4-5-9-13(11)12-3/h3*4-10H,1-3H3/q3*+1/b5-4+;7-6+;8-7+. The first-order chi connectivity index (χ1) is 18.7. The van der Waals surface area contributed by atoms with Crippen LogP contribution >= 0.6 is 0 Å². The first-order valence-electron chi connectivity index (χ1n) is 14.1. The van der Waals surface area contributed by atoms with Crippen molar-refractivity contribution in [3.05, 3.63) is 108 Å². The van der Waals surface area contributed by atoms with E-state index in [9.17, 15) is 0 Å². The fraction of sp³-hybridized carbons (Fsp3) is 0.364. The number of nitrogens with zero attached hydrogens (tertiary/aromatic N) is 3. The van der Waals surface area contributed by atoms with Crippen molar-refractivity contribution < 1.29 is 13.4 Å². The first kappa shape index (κ1) is 33.9. The van der Waals surface area contributed by atoms with E-state index in [1.165, 1.54) is 16.8 Å². The van der Waals surface area contributed by atoms with Crippen LogP contribution in [0.15, 0.2) is 91.7 Å². The van der Waals surface area contributed by atoms with Crippen LogP contribution in [0, 0.1) is 17.8 Å². The summed E-state index contributed by atoms with van der Waals surface area (Å²) in [7, 11) is 6.11. The lowest BCUT2D eigenvalue weighted by atomic mass is 9.98. The third-order valence-corrected chi connectivity index (χ3v) is 5.52. The Morgan fingerprint density at radius 3 is 1.64 bits per heavy atom. The van der Waals surface area contributed by atoms with Gasteiger partial charge in [-0.3, -0.25) is 13.4 Å². The van der Waals surface area contributed by atoms with E-state index in [-0.39, 0.29) is 0 Å². The molecule has 3 nitrogen and oxygen atoms in total. The van der Waals surface area contributed by atoms with Crippen LogP contribution in [-0.4, -0.2) is 22.2 Å². The number of aromatic nitrogens is 3. The van der Waals surface area contributed by atoms with Gasteiger partial charge in [-0.25, -0.2) is 0 Å². The predicted molar refractivity (Wildman–Crippen MR) is 173 cm³/mol. The van der Waals surface area contributed by atoms with Gasteiger partial charge in [0, 0.05) is 35.9 Å². The third kappa shape index (κ3) is 15.8. The second kappa shape index (κ2) is 19.9. The molecule has 3 rings (SSSR count). The van der Waals surface area contributed by atoms with E-state index < -0.39 is 0 Å². The van der Waals surface area contributed by atoms with Crippen LogP contribution in [0.5, 0.6) is 0 Å². The van der Waals surface area contributed by atoms with Crippen molar-refractivity contribution in [2.75, 3.05) is 0 Å². The highest BCUT2D eigenvalue weighted by atomic mass is 14.9. The van der Waals surface area contributed by atoms with Crippen molar-refractivity contribution in [3.8, 4) is 0 Å². The van der Waals surface area contributed by atoms with Crippen LogP contribution in [0.25, 0.3) is 18.2 Å². The number of hydrogen-bond donors (Lipinski definition) is 0. The minimum atomic E-state index is 0.602. The Morgan fingerprint density at radius 2 is 1.10 bits per heavy atom. The van der Waals surface area contributed by atoms with Crippen LogP contribution in [0.2, 0.25) is 20.5 Å². The molecule has 39 heavy (non-hydrogen) atoms. The van der Waals surface area contributed by atoms with E-state index in [0.29, 0.717) is 17.8 Å². The molecule has 3 aromatic rings. The van der Waals surface area contributed by atoms with Gasteiger partial charge < -0.3 is 0 Å². The molecule has 3 heterocycles. The molecule has 0 bridgehead atoms. The molecule has 0 aliphatic carbocycles. The van der Waals surface area contributed by atoms with Gasteiger partial charge in [0.25, 0.3) is 0 Å². The molecule has 0 unspecified atom stereocenters. The number of allylic oxidation sites excluding steroid dienone is 3. The van der Waals surface area contributed by atoms with Crippen LogP contribution in [0.3, 0.4) is 0 Å². The zero-order chi connectivity index (χ0) is 29.0. The molecule has 0 aromatic carbocycles. The maximum absolute atomic E-state index is 2.20. The molecule has 0 aliphatic heterocycles. The fourth-order valence-electron chi connectivity index (χ4n) is 3.25. The molecule has 3 radical (unpaired) electrons. The van der Waals surface area contributed by atoms with Crippen molar-refractivity contribution in [1.82, 2.24) is 0 Å². The molecule has 201 valence electrons. The molecule has 6 heteroatoms. The van der Waals surface area contributed by atoms with E-state index in [1.807, 2.05) is 52.0 Å². The SMILES string of the molecule is C[B][n+]1ccc(/C=C/C(C)C)cc1.C[B][n+]1cccc(/C=C/C(C)C)c1.C[B][n+]1ccccc1/C=C/C(C)C. The summed E-state index contributed by atoms with van der Waals surface area (Å²) in [6.45, 7) is 19.2. The van der Waals surface area contributed by atoms with E-state index in [0.717, 1.165) is 0 Å². The summed E-state index contributed by atoms with van der Waals surface area (Å²) in [5.74, 6) is 1.83. The predicted octanol–water partition coefficient (Wildman–Crippen LogP) is 6.48. The van der Waals surface area contributed by atoms with Gasteiger partial charge in [0.05, 0.1) is 0 Å². The average Bonchev–Trinajstić information content (AvgIpc) is 2.95. The Balaban J connectivity index is 0.000000292. The normalized spacial score (nSPS) is 11.1. The van der Waals surface area contributed by atoms with E-state index >= 15 is 0 Å². The second-order valence-corrected chi connectivity index (χ2v) is 10.3. The minimum Gasteiger partial charge on any atom is -0.292 e. The Morgan fingerprint density at radius 1 is 0.538 bits per heavy atom. The monoisotopic (exact) mass is 519 g/mol. The summed E-state index contributed by atoms with van der Waals surface area (Å²) in [5, 5.41) is 0. The highest BCUT2D eigenvalue weighted by Crippen LogP contribution is 2.03. The molecule has 0 N–H and O–H groups in total. The largest absolute Gasteiger partial charge is 0.536 e. The summed E-state index contributed by atoms with van der Waals surface area (Å²) in [6.07, 6.45) is 23.4. The maximum atomic E-state index is 2.20. The van der Waals surface area contributed by atoms with Gasteiger partial charge in [-0.05, 0) is 62.0 Å². The summed E-state index contributed by atoms with van der Waals surface area (Å²) >= 11 is 0. The van der Waals surface area contributed by atoms with Crippen LogP contribution in [0.1, 0.15) is 58.4 Å². The quantitative estimate of drug-likeness (QED) is 0.287. The molecule has 0 fully saturated rings. The van der Waals surface area contributed by atoms with Crippen LogP contribution in [-0.2, 0) is 0 Å². The summed E-state index contributed by atoms with van der Waals surface area (Å²) < 4.78 is 6.20. The molecular formula is C33H48B3N3+3. The fourth-order valence-corrected chi connectivity index (χ4v) is 3.25. The topological polar surface area (TPSA) is 11.6 Å². The lowest BCUT2D eigenvalue weighted by Gasteiger charge is -1.96. The second-order valence-electron chi connectivity index (χ2n) is 10.3. The molecule has 0 saturated carbocycles. The van der Waals surface area contributed by atoms with Crippen molar-refractivity contribution in [2.24, 2.45) is 17.8 Å². The van der Waals surface area contributed by atoms with Crippen molar-refractivity contribution in [3.63, 3.8) is 0 Å². The van der Waals surface area contributed by atoms with Gasteiger partial charge in [0.15, 0.2) is 11.9 Å². The molecular weight excluding hydrogens is 471 g/mol. The number of rotatable bonds is 9. The van der Waals surface area contributed by atoms with Crippen molar-refractivity contribution >= 4 is 40.5 Å². The van der Waals surface area contributed by atoms with Gasteiger partial charge in [0.1, 0.15) is 24.8 Å². The zero-order valence-corrected chi connectivity index (χ0v) is 25.7. The first-order valence-corrected chi connectivity index (χ1v) is 14.1. The Hall–Kier alpha value is -3.14.